The minimum Gasteiger partial charge on any atom is -0.340 e. The summed E-state index contributed by atoms with van der Waals surface area (Å²) in [5.41, 5.74) is 5.38. The van der Waals surface area contributed by atoms with Gasteiger partial charge in [-0.2, -0.15) is 0 Å². The maximum Gasteiger partial charge on any atom is 0.258 e. The summed E-state index contributed by atoms with van der Waals surface area (Å²) in [6.45, 7) is 2.79. The number of nitrogens with zero attached hydrogens (tertiary/aromatic N) is 4. The lowest BCUT2D eigenvalue weighted by atomic mass is 9.96. The molecule has 0 bridgehead atoms. The topological polar surface area (TPSA) is 60.6 Å². The maximum atomic E-state index is 12.8. The molecule has 164 valence electrons. The van der Waals surface area contributed by atoms with Gasteiger partial charge < -0.3 is 4.90 Å². The number of fused-ring (bicyclic) bond motifs is 2. The molecule has 6 nitrogen and oxygen atoms in total. The molecule has 3 heterocycles. The van der Waals surface area contributed by atoms with E-state index in [0.717, 1.165) is 47.8 Å². The number of pyridine rings is 2. The van der Waals surface area contributed by atoms with Crippen molar-refractivity contribution in [3.8, 4) is 0 Å². The molecule has 32 heavy (non-hydrogen) atoms. The lowest BCUT2D eigenvalue weighted by molar-refractivity contribution is -0.911. The van der Waals surface area contributed by atoms with E-state index >= 15 is 0 Å². The number of benzene rings is 1. The Morgan fingerprint density at radius 2 is 1.91 bits per heavy atom. The molecule has 1 fully saturated rings. The van der Waals surface area contributed by atoms with Crippen LogP contribution in [0.5, 0.6) is 0 Å². The largest absolute Gasteiger partial charge is 0.340 e. The van der Waals surface area contributed by atoms with E-state index in [1.54, 1.807) is 18.6 Å². The fraction of sp³-hybridized carbons (Fsp3) is 0.320. The summed E-state index contributed by atoms with van der Waals surface area (Å²) in [7, 11) is 0. The molecule has 0 saturated carbocycles. The molecule has 1 aliphatic carbocycles. The van der Waals surface area contributed by atoms with E-state index < -0.39 is 0 Å². The normalized spacial score (nSPS) is 18.5. The minimum atomic E-state index is -0.0819. The van der Waals surface area contributed by atoms with Gasteiger partial charge in [0.25, 0.3) is 5.69 Å². The van der Waals surface area contributed by atoms with Crippen LogP contribution in [0.25, 0.3) is 0 Å². The van der Waals surface area contributed by atoms with Crippen LogP contribution in [0.2, 0.25) is 5.02 Å². The maximum absolute atomic E-state index is 12.8. The average molecular weight is 450 g/mol. The molecule has 3 aromatic rings. The molecule has 2 aliphatic rings. The Morgan fingerprint density at radius 3 is 2.69 bits per heavy atom. The molecule has 1 aliphatic heterocycles. The van der Waals surface area contributed by atoms with Gasteiger partial charge in [0.15, 0.2) is 0 Å². The van der Waals surface area contributed by atoms with Crippen LogP contribution in [0, 0.1) is 0 Å². The van der Waals surface area contributed by atoms with Crippen LogP contribution in [0.1, 0.15) is 34.0 Å². The number of rotatable bonds is 3. The predicted molar refractivity (Wildman–Crippen MR) is 121 cm³/mol. The summed E-state index contributed by atoms with van der Waals surface area (Å²) in [5.74, 6) is 0.128. The number of halogens is 1. The Morgan fingerprint density at radius 1 is 1.09 bits per heavy atom. The van der Waals surface area contributed by atoms with Crippen molar-refractivity contribution in [2.75, 3.05) is 26.2 Å². The van der Waals surface area contributed by atoms with E-state index in [9.17, 15) is 10.0 Å². The Hall–Kier alpha value is -2.96. The van der Waals surface area contributed by atoms with Crippen molar-refractivity contribution >= 4 is 17.5 Å². The van der Waals surface area contributed by atoms with Crippen LogP contribution >= 0.6 is 11.6 Å². The van der Waals surface area contributed by atoms with Crippen LogP contribution in [-0.2, 0) is 24.1 Å². The molecule has 5 rings (SSSR count). The SMILES string of the molecule is O=C(Cc1cccnc1)N1CCN(C2c3ccc(Cl)cc3CCc3ccc[n+](O)c32)CC1. The summed E-state index contributed by atoms with van der Waals surface area (Å²) in [6, 6.07) is 13.8. The molecule has 1 amide bonds. The summed E-state index contributed by atoms with van der Waals surface area (Å²) in [4.78, 5) is 21.2. The van der Waals surface area contributed by atoms with Crippen LogP contribution in [0.15, 0.2) is 61.1 Å². The van der Waals surface area contributed by atoms with Crippen LogP contribution in [0.3, 0.4) is 0 Å². The highest BCUT2D eigenvalue weighted by atomic mass is 35.5. The fourth-order valence-electron chi connectivity index (χ4n) is 4.93. The first-order chi connectivity index (χ1) is 15.6. The van der Waals surface area contributed by atoms with Crippen LogP contribution in [0.4, 0.5) is 0 Å². The average Bonchev–Trinajstić information content (AvgIpc) is 2.97. The number of piperazine rings is 1. The Kier molecular flexibility index (Phi) is 5.81. The molecule has 1 aromatic carbocycles. The first-order valence-electron chi connectivity index (χ1n) is 11.0. The number of hydrogen-bond donors (Lipinski definition) is 1. The van der Waals surface area contributed by atoms with Crippen LogP contribution in [-0.4, -0.2) is 52.1 Å². The second kappa shape index (κ2) is 8.88. The van der Waals surface area contributed by atoms with Crippen molar-refractivity contribution < 1.29 is 14.7 Å². The zero-order valence-electron chi connectivity index (χ0n) is 17.8. The van der Waals surface area contributed by atoms with Crippen molar-refractivity contribution in [1.29, 1.82) is 0 Å². The molecule has 1 saturated heterocycles. The third-order valence-corrected chi connectivity index (χ3v) is 6.77. The van der Waals surface area contributed by atoms with E-state index in [1.165, 1.54) is 15.9 Å². The second-order valence-electron chi connectivity index (χ2n) is 8.46. The van der Waals surface area contributed by atoms with E-state index in [1.807, 2.05) is 35.2 Å². The van der Waals surface area contributed by atoms with Gasteiger partial charge in [-0.1, -0.05) is 23.7 Å². The summed E-state index contributed by atoms with van der Waals surface area (Å²) >= 11 is 6.31. The molecule has 1 N–H and O–H groups in total. The zero-order chi connectivity index (χ0) is 22.1. The molecule has 7 heteroatoms. The third kappa shape index (κ3) is 4.08. The molecule has 2 aromatic heterocycles. The summed E-state index contributed by atoms with van der Waals surface area (Å²) in [5, 5.41) is 11.5. The predicted octanol–water partition coefficient (Wildman–Crippen LogP) is 2.83. The van der Waals surface area contributed by atoms with Gasteiger partial charge in [0.1, 0.15) is 6.04 Å². The molecule has 1 atom stereocenters. The zero-order valence-corrected chi connectivity index (χ0v) is 18.6. The number of carbonyl (C=O) groups excluding carboxylic acids is 1. The highest BCUT2D eigenvalue weighted by molar-refractivity contribution is 6.30. The quantitative estimate of drug-likeness (QED) is 0.493. The summed E-state index contributed by atoms with van der Waals surface area (Å²) < 4.78 is 1.27. The van der Waals surface area contributed by atoms with E-state index in [2.05, 4.69) is 22.0 Å². The lowest BCUT2D eigenvalue weighted by Crippen LogP contribution is -2.52. The van der Waals surface area contributed by atoms with E-state index in [4.69, 9.17) is 11.6 Å². The lowest BCUT2D eigenvalue weighted by Gasteiger charge is -2.38. The molecule has 0 spiro atoms. The van der Waals surface area contributed by atoms with E-state index in [0.29, 0.717) is 19.5 Å². The standard InChI is InChI=1S/C25H26ClN4O2/c26-21-7-8-22-20(16-21)6-5-19-4-2-10-30(32)24(19)25(22)29-13-11-28(12-14-29)23(31)15-18-3-1-9-27-17-18/h1-4,7-10,16-17,25,32H,5-6,11-15H2/q+1. The van der Waals surface area contributed by atoms with E-state index in [-0.39, 0.29) is 11.9 Å². The number of aryl methyl sites for hydroxylation is 2. The number of carbonyl (C=O) groups is 1. The van der Waals surface area contributed by atoms with Gasteiger partial charge in [0.2, 0.25) is 12.1 Å². The van der Waals surface area contributed by atoms with Crippen molar-refractivity contribution in [1.82, 2.24) is 14.8 Å². The van der Waals surface area contributed by atoms with Gasteiger partial charge in [0, 0.05) is 60.0 Å². The van der Waals surface area contributed by atoms with Crippen molar-refractivity contribution in [2.45, 2.75) is 25.3 Å². The van der Waals surface area contributed by atoms with Gasteiger partial charge in [-0.25, -0.2) is 0 Å². The van der Waals surface area contributed by atoms with Gasteiger partial charge >= 0.3 is 0 Å². The number of aromatic nitrogens is 2. The Balaban J connectivity index is 1.40. The minimum absolute atomic E-state index is 0.0819. The number of amides is 1. The summed E-state index contributed by atoms with van der Waals surface area (Å²) in [6.07, 6.45) is 7.27. The Labute approximate surface area is 192 Å². The smallest absolute Gasteiger partial charge is 0.258 e. The highest BCUT2D eigenvalue weighted by Crippen LogP contribution is 2.36. The molecular formula is C25H26ClN4O2+. The molecule has 1 unspecified atom stereocenters. The first-order valence-corrected chi connectivity index (χ1v) is 11.4. The van der Waals surface area contributed by atoms with Crippen molar-refractivity contribution in [3.63, 3.8) is 0 Å². The van der Waals surface area contributed by atoms with Gasteiger partial charge in [-0.05, 0) is 53.8 Å². The van der Waals surface area contributed by atoms with Crippen molar-refractivity contribution in [2.24, 2.45) is 0 Å². The Bertz CT molecular complexity index is 1130. The monoisotopic (exact) mass is 449 g/mol. The third-order valence-electron chi connectivity index (χ3n) is 6.53. The highest BCUT2D eigenvalue weighted by Gasteiger charge is 2.38. The van der Waals surface area contributed by atoms with Gasteiger partial charge in [-0.15, -0.1) is 0 Å². The first kappa shape index (κ1) is 20.9. The van der Waals surface area contributed by atoms with Gasteiger partial charge in [0.05, 0.1) is 6.42 Å². The van der Waals surface area contributed by atoms with Crippen molar-refractivity contribution in [3.05, 3.63) is 94.0 Å². The van der Waals surface area contributed by atoms with Gasteiger partial charge in [-0.3, -0.25) is 19.9 Å². The molecule has 0 radical (unpaired) electrons. The molecular weight excluding hydrogens is 424 g/mol. The fourth-order valence-corrected chi connectivity index (χ4v) is 5.12. The van der Waals surface area contributed by atoms with Crippen LogP contribution < -0.4 is 4.73 Å². The number of hydrogen-bond acceptors (Lipinski definition) is 4. The second-order valence-corrected chi connectivity index (χ2v) is 8.90.